The molecule has 0 radical (unpaired) electrons. The first-order valence-corrected chi connectivity index (χ1v) is 8.17. The van der Waals surface area contributed by atoms with Gasteiger partial charge in [0.25, 0.3) is 0 Å². The molecule has 1 N–H and O–H groups in total. The van der Waals surface area contributed by atoms with E-state index in [0.717, 1.165) is 26.2 Å². The fourth-order valence-electron chi connectivity index (χ4n) is 3.20. The monoisotopic (exact) mass is 290 g/mol. The molecule has 3 nitrogen and oxygen atoms in total. The van der Waals surface area contributed by atoms with E-state index in [1.165, 1.54) is 16.7 Å². The van der Waals surface area contributed by atoms with E-state index in [2.05, 4.69) is 63.0 Å². The van der Waals surface area contributed by atoms with Crippen LogP contribution in [0.15, 0.2) is 18.2 Å². The van der Waals surface area contributed by atoms with Crippen LogP contribution < -0.4 is 5.32 Å². The number of aryl methyl sites for hydroxylation is 2. The highest BCUT2D eigenvalue weighted by molar-refractivity contribution is 5.33. The highest BCUT2D eigenvalue weighted by Gasteiger charge is 2.26. The number of hydrogen-bond donors (Lipinski definition) is 1. The van der Waals surface area contributed by atoms with Crippen LogP contribution in [0, 0.1) is 13.8 Å². The molecule has 1 heterocycles. The summed E-state index contributed by atoms with van der Waals surface area (Å²) in [4.78, 5) is 2.56. The number of nitrogens with one attached hydrogen (secondary N) is 1. The maximum atomic E-state index is 5.74. The van der Waals surface area contributed by atoms with Gasteiger partial charge < -0.3 is 10.1 Å². The molecule has 0 aliphatic carbocycles. The first-order chi connectivity index (χ1) is 10.0. The third kappa shape index (κ3) is 4.29. The number of ether oxygens (including phenoxy) is 1. The van der Waals surface area contributed by atoms with Gasteiger partial charge in [-0.05, 0) is 45.4 Å². The van der Waals surface area contributed by atoms with Crippen molar-refractivity contribution < 1.29 is 4.74 Å². The molecule has 1 fully saturated rings. The first kappa shape index (κ1) is 16.5. The standard InChI is InChI=1S/C18H30N2O/c1-6-19-18(17-8-7-13(2)9-14(17)3)11-20-10-16(5)21-12-15(20)4/h7-9,15-16,18-19H,6,10-12H2,1-5H3. The van der Waals surface area contributed by atoms with Gasteiger partial charge in [0.1, 0.15) is 0 Å². The van der Waals surface area contributed by atoms with Crippen LogP contribution in [0.1, 0.15) is 43.5 Å². The molecule has 0 saturated carbocycles. The second-order valence-electron chi connectivity index (χ2n) is 6.42. The van der Waals surface area contributed by atoms with Crippen molar-refractivity contribution in [3.8, 4) is 0 Å². The van der Waals surface area contributed by atoms with E-state index in [9.17, 15) is 0 Å². The zero-order chi connectivity index (χ0) is 15.4. The summed E-state index contributed by atoms with van der Waals surface area (Å²) in [7, 11) is 0. The third-order valence-corrected chi connectivity index (χ3v) is 4.41. The molecule has 2 rings (SSSR count). The molecule has 118 valence electrons. The minimum Gasteiger partial charge on any atom is -0.376 e. The molecule has 1 saturated heterocycles. The van der Waals surface area contributed by atoms with Crippen molar-refractivity contribution in [3.05, 3.63) is 34.9 Å². The zero-order valence-electron chi connectivity index (χ0n) is 14.1. The third-order valence-electron chi connectivity index (χ3n) is 4.41. The first-order valence-electron chi connectivity index (χ1n) is 8.17. The van der Waals surface area contributed by atoms with Gasteiger partial charge in [0, 0.05) is 25.2 Å². The Morgan fingerprint density at radius 3 is 2.76 bits per heavy atom. The molecule has 21 heavy (non-hydrogen) atoms. The van der Waals surface area contributed by atoms with E-state index < -0.39 is 0 Å². The maximum absolute atomic E-state index is 5.74. The zero-order valence-corrected chi connectivity index (χ0v) is 14.1. The summed E-state index contributed by atoms with van der Waals surface area (Å²) >= 11 is 0. The van der Waals surface area contributed by atoms with Gasteiger partial charge >= 0.3 is 0 Å². The summed E-state index contributed by atoms with van der Waals surface area (Å²) in [5.41, 5.74) is 4.14. The number of morpholine rings is 1. The Bertz CT molecular complexity index is 461. The second-order valence-corrected chi connectivity index (χ2v) is 6.42. The Hall–Kier alpha value is -0.900. The van der Waals surface area contributed by atoms with E-state index in [-0.39, 0.29) is 0 Å². The number of hydrogen-bond acceptors (Lipinski definition) is 3. The molecular weight excluding hydrogens is 260 g/mol. The summed E-state index contributed by atoms with van der Waals surface area (Å²) < 4.78 is 5.74. The van der Waals surface area contributed by atoms with Crippen LogP contribution in [0.3, 0.4) is 0 Å². The summed E-state index contributed by atoms with van der Waals surface area (Å²) in [6.07, 6.45) is 0.336. The van der Waals surface area contributed by atoms with Gasteiger partial charge in [-0.3, -0.25) is 4.90 Å². The quantitative estimate of drug-likeness (QED) is 0.902. The lowest BCUT2D eigenvalue weighted by molar-refractivity contribution is -0.0521. The van der Waals surface area contributed by atoms with E-state index >= 15 is 0 Å². The summed E-state index contributed by atoms with van der Waals surface area (Å²) in [6, 6.07) is 7.67. The Morgan fingerprint density at radius 1 is 1.33 bits per heavy atom. The van der Waals surface area contributed by atoms with Crippen LogP contribution in [0.5, 0.6) is 0 Å². The second kappa shape index (κ2) is 7.39. The van der Waals surface area contributed by atoms with Crippen molar-refractivity contribution in [3.63, 3.8) is 0 Å². The van der Waals surface area contributed by atoms with E-state index in [4.69, 9.17) is 4.74 Å². The van der Waals surface area contributed by atoms with Crippen molar-refractivity contribution in [2.45, 2.75) is 52.8 Å². The average molecular weight is 290 g/mol. The summed E-state index contributed by atoms with van der Waals surface area (Å²) in [5.74, 6) is 0. The number of likely N-dealkylation sites (N-methyl/N-ethyl adjacent to an activating group) is 1. The van der Waals surface area contributed by atoms with Crippen LogP contribution in [0.2, 0.25) is 0 Å². The molecule has 1 aromatic rings. The van der Waals surface area contributed by atoms with Crippen LogP contribution in [0.25, 0.3) is 0 Å². The minimum absolute atomic E-state index is 0.336. The predicted octanol–water partition coefficient (Wildman–Crippen LogP) is 3.06. The number of nitrogens with zero attached hydrogens (tertiary/aromatic N) is 1. The van der Waals surface area contributed by atoms with Crippen LogP contribution in [-0.2, 0) is 4.74 Å². The van der Waals surface area contributed by atoms with Gasteiger partial charge in [-0.1, -0.05) is 30.7 Å². The van der Waals surface area contributed by atoms with Crippen LogP contribution >= 0.6 is 0 Å². The molecule has 1 aromatic carbocycles. The van der Waals surface area contributed by atoms with Gasteiger partial charge in [-0.25, -0.2) is 0 Å². The Labute approximate surface area is 129 Å². The van der Waals surface area contributed by atoms with Crippen molar-refractivity contribution in [2.24, 2.45) is 0 Å². The van der Waals surface area contributed by atoms with E-state index in [0.29, 0.717) is 18.2 Å². The van der Waals surface area contributed by atoms with Crippen LogP contribution in [-0.4, -0.2) is 43.3 Å². The Kier molecular flexibility index (Phi) is 5.80. The van der Waals surface area contributed by atoms with Crippen molar-refractivity contribution in [1.29, 1.82) is 0 Å². The summed E-state index contributed by atoms with van der Waals surface area (Å²) in [6.45, 7) is 14.9. The van der Waals surface area contributed by atoms with E-state index in [1.807, 2.05) is 0 Å². The van der Waals surface area contributed by atoms with E-state index in [1.54, 1.807) is 0 Å². The van der Waals surface area contributed by atoms with Gasteiger partial charge in [0.05, 0.1) is 12.7 Å². The summed E-state index contributed by atoms with van der Waals surface area (Å²) in [5, 5.41) is 3.66. The lowest BCUT2D eigenvalue weighted by Gasteiger charge is -2.39. The Balaban J connectivity index is 2.14. The Morgan fingerprint density at radius 2 is 2.10 bits per heavy atom. The van der Waals surface area contributed by atoms with Gasteiger partial charge in [0.2, 0.25) is 0 Å². The largest absolute Gasteiger partial charge is 0.376 e. The lowest BCUT2D eigenvalue weighted by Crippen LogP contribution is -2.50. The molecular formula is C18H30N2O. The molecule has 3 heteroatoms. The fraction of sp³-hybridized carbons (Fsp3) is 0.667. The number of rotatable bonds is 5. The van der Waals surface area contributed by atoms with Crippen molar-refractivity contribution in [1.82, 2.24) is 10.2 Å². The fourth-order valence-corrected chi connectivity index (χ4v) is 3.20. The predicted molar refractivity (Wildman–Crippen MR) is 88.8 cm³/mol. The molecule has 0 aromatic heterocycles. The number of benzene rings is 1. The van der Waals surface area contributed by atoms with Gasteiger partial charge in [-0.15, -0.1) is 0 Å². The van der Waals surface area contributed by atoms with Crippen molar-refractivity contribution in [2.75, 3.05) is 26.2 Å². The van der Waals surface area contributed by atoms with Crippen LogP contribution in [0.4, 0.5) is 0 Å². The smallest absolute Gasteiger partial charge is 0.0674 e. The molecule has 1 aliphatic rings. The van der Waals surface area contributed by atoms with Crippen molar-refractivity contribution >= 4 is 0 Å². The molecule has 3 atom stereocenters. The van der Waals surface area contributed by atoms with Gasteiger partial charge in [-0.2, -0.15) is 0 Å². The highest BCUT2D eigenvalue weighted by Crippen LogP contribution is 2.22. The molecule has 3 unspecified atom stereocenters. The SMILES string of the molecule is CCNC(CN1CC(C)OCC1C)c1ccc(C)cc1C. The highest BCUT2D eigenvalue weighted by atomic mass is 16.5. The van der Waals surface area contributed by atoms with Gasteiger partial charge in [0.15, 0.2) is 0 Å². The molecule has 0 spiro atoms. The lowest BCUT2D eigenvalue weighted by atomic mass is 9.98. The average Bonchev–Trinajstić information content (AvgIpc) is 2.42. The minimum atomic E-state index is 0.336. The molecule has 1 aliphatic heterocycles. The molecule has 0 amide bonds. The topological polar surface area (TPSA) is 24.5 Å². The maximum Gasteiger partial charge on any atom is 0.0674 e. The normalized spacial score (nSPS) is 25.0. The molecule has 0 bridgehead atoms.